The normalized spacial score (nSPS) is 10.4. The van der Waals surface area contributed by atoms with Gasteiger partial charge in [0.2, 0.25) is 0 Å². The van der Waals surface area contributed by atoms with Crippen LogP contribution < -0.4 is 10.1 Å². The van der Waals surface area contributed by atoms with Crippen molar-refractivity contribution in [1.29, 1.82) is 0 Å². The van der Waals surface area contributed by atoms with Gasteiger partial charge in [-0.05, 0) is 42.7 Å². The minimum Gasteiger partial charge on any atom is -0.483 e. The number of hydrogen-bond acceptors (Lipinski definition) is 2. The highest BCUT2D eigenvalue weighted by Crippen LogP contribution is 2.30. The van der Waals surface area contributed by atoms with Gasteiger partial charge in [0.15, 0.2) is 6.61 Å². The van der Waals surface area contributed by atoms with Gasteiger partial charge in [-0.1, -0.05) is 66.2 Å². The van der Waals surface area contributed by atoms with Gasteiger partial charge in [-0.2, -0.15) is 0 Å². The first-order chi connectivity index (χ1) is 12.5. The van der Waals surface area contributed by atoms with Crippen LogP contribution in [0, 0.1) is 13.8 Å². The summed E-state index contributed by atoms with van der Waals surface area (Å²) in [5, 5.41) is 3.37. The summed E-state index contributed by atoms with van der Waals surface area (Å²) in [4.78, 5) is 12.3. The summed E-state index contributed by atoms with van der Waals surface area (Å²) in [6.45, 7) is 3.79. The fourth-order valence-electron chi connectivity index (χ4n) is 2.84. The number of benzene rings is 3. The molecule has 0 saturated heterocycles. The third kappa shape index (κ3) is 4.24. The molecule has 0 aromatic heterocycles. The molecule has 0 fully saturated rings. The second-order valence-electron chi connectivity index (χ2n) is 6.14. The van der Waals surface area contributed by atoms with Crippen molar-refractivity contribution in [2.24, 2.45) is 0 Å². The number of carbonyl (C=O) groups is 1. The standard InChI is InChI=1S/C22H20ClNO2/c1-15-12-16(2)22(19(23)13-15)24-21(25)14-26-20-11-7-6-10-18(20)17-8-4-3-5-9-17/h3-13H,14H2,1-2H3,(H,24,25). The molecule has 1 N–H and O–H groups in total. The molecule has 3 rings (SSSR count). The zero-order valence-electron chi connectivity index (χ0n) is 14.8. The van der Waals surface area contributed by atoms with Crippen molar-refractivity contribution < 1.29 is 9.53 Å². The lowest BCUT2D eigenvalue weighted by Crippen LogP contribution is -2.21. The number of nitrogens with one attached hydrogen (secondary N) is 1. The number of carbonyl (C=O) groups excluding carboxylic acids is 1. The molecular weight excluding hydrogens is 346 g/mol. The lowest BCUT2D eigenvalue weighted by atomic mass is 10.1. The number of hydrogen-bond donors (Lipinski definition) is 1. The zero-order valence-corrected chi connectivity index (χ0v) is 15.5. The van der Waals surface area contributed by atoms with E-state index in [1.54, 1.807) is 0 Å². The van der Waals surface area contributed by atoms with E-state index in [0.717, 1.165) is 22.3 Å². The molecule has 3 aromatic rings. The molecule has 0 saturated carbocycles. The molecule has 0 aliphatic carbocycles. The van der Waals surface area contributed by atoms with Gasteiger partial charge in [0.1, 0.15) is 5.75 Å². The highest BCUT2D eigenvalue weighted by molar-refractivity contribution is 6.34. The van der Waals surface area contributed by atoms with Crippen LogP contribution in [-0.2, 0) is 4.79 Å². The Morgan fingerprint density at radius 1 is 1.00 bits per heavy atom. The quantitative estimate of drug-likeness (QED) is 0.635. The van der Waals surface area contributed by atoms with E-state index in [9.17, 15) is 4.79 Å². The van der Waals surface area contributed by atoms with E-state index in [1.165, 1.54) is 0 Å². The fraction of sp³-hybridized carbons (Fsp3) is 0.136. The van der Waals surface area contributed by atoms with Crippen LogP contribution >= 0.6 is 11.6 Å². The predicted molar refractivity (Wildman–Crippen MR) is 107 cm³/mol. The van der Waals surface area contributed by atoms with E-state index in [1.807, 2.05) is 80.6 Å². The molecule has 0 unspecified atom stereocenters. The second-order valence-corrected chi connectivity index (χ2v) is 6.54. The molecule has 0 bridgehead atoms. The maximum atomic E-state index is 12.3. The van der Waals surface area contributed by atoms with Crippen LogP contribution in [0.2, 0.25) is 5.02 Å². The lowest BCUT2D eigenvalue weighted by molar-refractivity contribution is -0.118. The van der Waals surface area contributed by atoms with Crippen molar-refractivity contribution in [2.75, 3.05) is 11.9 Å². The largest absolute Gasteiger partial charge is 0.483 e. The van der Waals surface area contributed by atoms with E-state index in [2.05, 4.69) is 5.32 Å². The van der Waals surface area contributed by atoms with E-state index in [0.29, 0.717) is 16.5 Å². The zero-order chi connectivity index (χ0) is 18.5. The highest BCUT2D eigenvalue weighted by atomic mass is 35.5. The summed E-state index contributed by atoms with van der Waals surface area (Å²) in [5.74, 6) is 0.419. The van der Waals surface area contributed by atoms with Crippen LogP contribution in [0.15, 0.2) is 66.7 Å². The van der Waals surface area contributed by atoms with Crippen LogP contribution in [0.25, 0.3) is 11.1 Å². The van der Waals surface area contributed by atoms with Crippen LogP contribution in [0.1, 0.15) is 11.1 Å². The average Bonchev–Trinajstić information content (AvgIpc) is 2.64. The topological polar surface area (TPSA) is 38.3 Å². The number of halogens is 1. The number of para-hydroxylation sites is 1. The molecule has 26 heavy (non-hydrogen) atoms. The van der Waals surface area contributed by atoms with Crippen molar-refractivity contribution in [1.82, 2.24) is 0 Å². The number of amides is 1. The molecule has 1 amide bonds. The Labute approximate surface area is 158 Å². The van der Waals surface area contributed by atoms with Crippen LogP contribution in [0.3, 0.4) is 0 Å². The number of aryl methyl sites for hydroxylation is 2. The first-order valence-corrected chi connectivity index (χ1v) is 8.76. The minimum absolute atomic E-state index is 0.0898. The second kappa shape index (κ2) is 8.07. The minimum atomic E-state index is -0.248. The predicted octanol–water partition coefficient (Wildman–Crippen LogP) is 5.64. The van der Waals surface area contributed by atoms with Crippen molar-refractivity contribution in [3.63, 3.8) is 0 Å². The summed E-state index contributed by atoms with van der Waals surface area (Å²) >= 11 is 6.25. The van der Waals surface area contributed by atoms with Gasteiger partial charge in [0, 0.05) is 5.56 Å². The first kappa shape index (κ1) is 18.0. The Balaban J connectivity index is 1.72. The Bertz CT molecular complexity index is 899. The molecule has 3 nitrogen and oxygen atoms in total. The smallest absolute Gasteiger partial charge is 0.262 e. The van der Waals surface area contributed by atoms with E-state index in [-0.39, 0.29) is 12.5 Å². The molecule has 0 heterocycles. The first-order valence-electron chi connectivity index (χ1n) is 8.38. The summed E-state index contributed by atoms with van der Waals surface area (Å²) < 4.78 is 5.77. The van der Waals surface area contributed by atoms with Gasteiger partial charge >= 0.3 is 0 Å². The lowest BCUT2D eigenvalue weighted by Gasteiger charge is -2.14. The Kier molecular flexibility index (Phi) is 5.59. The van der Waals surface area contributed by atoms with Gasteiger partial charge in [-0.3, -0.25) is 4.79 Å². The maximum absolute atomic E-state index is 12.3. The molecule has 4 heteroatoms. The molecule has 0 aliphatic heterocycles. The van der Waals surface area contributed by atoms with Crippen LogP contribution in [0.5, 0.6) is 5.75 Å². The molecule has 0 radical (unpaired) electrons. The molecule has 3 aromatic carbocycles. The molecule has 0 atom stereocenters. The van der Waals surface area contributed by atoms with Gasteiger partial charge < -0.3 is 10.1 Å². The third-order valence-corrected chi connectivity index (χ3v) is 4.32. The summed E-state index contributed by atoms with van der Waals surface area (Å²) in [6, 6.07) is 21.4. The number of anilines is 1. The van der Waals surface area contributed by atoms with Gasteiger partial charge in [-0.25, -0.2) is 0 Å². The van der Waals surface area contributed by atoms with Gasteiger partial charge in [0.25, 0.3) is 5.91 Å². The molecular formula is C22H20ClNO2. The van der Waals surface area contributed by atoms with Gasteiger partial charge in [0.05, 0.1) is 10.7 Å². The summed E-state index contributed by atoms with van der Waals surface area (Å²) in [6.07, 6.45) is 0. The van der Waals surface area contributed by atoms with Crippen molar-refractivity contribution in [3.8, 4) is 16.9 Å². The summed E-state index contributed by atoms with van der Waals surface area (Å²) in [7, 11) is 0. The molecule has 0 spiro atoms. The van der Waals surface area contributed by atoms with Gasteiger partial charge in [-0.15, -0.1) is 0 Å². The Hall–Kier alpha value is -2.78. The highest BCUT2D eigenvalue weighted by Gasteiger charge is 2.12. The van der Waals surface area contributed by atoms with Crippen molar-refractivity contribution in [3.05, 3.63) is 82.9 Å². The Morgan fingerprint density at radius 3 is 2.42 bits per heavy atom. The van der Waals surface area contributed by atoms with Crippen molar-refractivity contribution in [2.45, 2.75) is 13.8 Å². The van der Waals surface area contributed by atoms with E-state index in [4.69, 9.17) is 16.3 Å². The van der Waals surface area contributed by atoms with Crippen molar-refractivity contribution >= 4 is 23.2 Å². The average molecular weight is 366 g/mol. The van der Waals surface area contributed by atoms with E-state index < -0.39 is 0 Å². The number of rotatable bonds is 5. The maximum Gasteiger partial charge on any atom is 0.262 e. The van der Waals surface area contributed by atoms with Crippen LogP contribution in [0.4, 0.5) is 5.69 Å². The van der Waals surface area contributed by atoms with E-state index >= 15 is 0 Å². The Morgan fingerprint density at radius 2 is 1.69 bits per heavy atom. The molecule has 132 valence electrons. The monoisotopic (exact) mass is 365 g/mol. The fourth-order valence-corrected chi connectivity index (χ4v) is 3.21. The third-order valence-electron chi connectivity index (χ3n) is 4.03. The molecule has 0 aliphatic rings. The van der Waals surface area contributed by atoms with Crippen LogP contribution in [-0.4, -0.2) is 12.5 Å². The SMILES string of the molecule is Cc1cc(C)c(NC(=O)COc2ccccc2-c2ccccc2)c(Cl)c1. The number of ether oxygens (including phenoxy) is 1. The summed E-state index contributed by atoms with van der Waals surface area (Å²) in [5.41, 5.74) is 4.60.